The van der Waals surface area contributed by atoms with Crippen LogP contribution in [-0.2, 0) is 6.42 Å². The Morgan fingerprint density at radius 1 is 0.857 bits per heavy atom. The van der Waals surface area contributed by atoms with Gasteiger partial charge in [0, 0.05) is 21.1 Å². The summed E-state index contributed by atoms with van der Waals surface area (Å²) in [7, 11) is 5.51. The molecule has 0 unspecified atom stereocenters. The number of rotatable bonds is 4. The van der Waals surface area contributed by atoms with Crippen LogP contribution in [0.3, 0.4) is 0 Å². The molecule has 0 radical (unpaired) electrons. The summed E-state index contributed by atoms with van der Waals surface area (Å²) >= 11 is 0. The molecular weight excluding hydrogens is 178 g/mol. The number of hydrogen-bond donors (Lipinski definition) is 3. The first-order valence-corrected chi connectivity index (χ1v) is 4.71. The SMILES string of the molecule is CCc1nc(NC)c(NC)nc1NC. The molecule has 1 aromatic heterocycles. The highest BCUT2D eigenvalue weighted by atomic mass is 15.1. The van der Waals surface area contributed by atoms with Crippen molar-refractivity contribution in [1.29, 1.82) is 0 Å². The molecule has 0 aliphatic carbocycles. The first-order chi connectivity index (χ1) is 6.76. The second-order valence-electron chi connectivity index (χ2n) is 2.82. The van der Waals surface area contributed by atoms with Crippen LogP contribution in [0.2, 0.25) is 0 Å². The number of anilines is 3. The van der Waals surface area contributed by atoms with Gasteiger partial charge in [0.15, 0.2) is 11.6 Å². The summed E-state index contributed by atoms with van der Waals surface area (Å²) in [6.45, 7) is 2.06. The quantitative estimate of drug-likeness (QED) is 0.673. The van der Waals surface area contributed by atoms with E-state index in [0.29, 0.717) is 0 Å². The van der Waals surface area contributed by atoms with Crippen molar-refractivity contribution in [2.45, 2.75) is 13.3 Å². The third kappa shape index (κ3) is 1.86. The molecular formula is C9H17N5. The van der Waals surface area contributed by atoms with E-state index in [9.17, 15) is 0 Å². The van der Waals surface area contributed by atoms with Gasteiger partial charge in [-0.3, -0.25) is 0 Å². The van der Waals surface area contributed by atoms with E-state index in [-0.39, 0.29) is 0 Å². The molecule has 3 N–H and O–H groups in total. The van der Waals surface area contributed by atoms with E-state index in [4.69, 9.17) is 0 Å². The van der Waals surface area contributed by atoms with Crippen molar-refractivity contribution >= 4 is 17.5 Å². The second-order valence-corrected chi connectivity index (χ2v) is 2.82. The minimum atomic E-state index is 0.758. The Hall–Kier alpha value is -1.52. The van der Waals surface area contributed by atoms with Crippen LogP contribution >= 0.6 is 0 Å². The Balaban J connectivity index is 3.20. The van der Waals surface area contributed by atoms with E-state index < -0.39 is 0 Å². The highest BCUT2D eigenvalue weighted by Gasteiger charge is 2.09. The van der Waals surface area contributed by atoms with Gasteiger partial charge in [-0.1, -0.05) is 6.92 Å². The van der Waals surface area contributed by atoms with Gasteiger partial charge in [0.05, 0.1) is 5.69 Å². The second kappa shape index (κ2) is 4.64. The monoisotopic (exact) mass is 195 g/mol. The molecule has 1 heterocycles. The minimum absolute atomic E-state index is 0.758. The average Bonchev–Trinajstić information content (AvgIpc) is 2.26. The van der Waals surface area contributed by atoms with Gasteiger partial charge in [-0.25, -0.2) is 9.97 Å². The van der Waals surface area contributed by atoms with Gasteiger partial charge < -0.3 is 16.0 Å². The van der Waals surface area contributed by atoms with Crippen molar-refractivity contribution in [3.63, 3.8) is 0 Å². The van der Waals surface area contributed by atoms with Crippen LogP contribution in [0.15, 0.2) is 0 Å². The summed E-state index contributed by atoms with van der Waals surface area (Å²) in [5.41, 5.74) is 0.968. The van der Waals surface area contributed by atoms with Crippen molar-refractivity contribution in [3.8, 4) is 0 Å². The molecule has 78 valence electrons. The lowest BCUT2D eigenvalue weighted by Crippen LogP contribution is -2.08. The Bertz CT molecular complexity index is 252. The van der Waals surface area contributed by atoms with Gasteiger partial charge in [-0.2, -0.15) is 0 Å². The molecule has 0 aliphatic rings. The van der Waals surface area contributed by atoms with Crippen LogP contribution in [-0.4, -0.2) is 31.1 Å². The summed E-state index contributed by atoms with van der Waals surface area (Å²) < 4.78 is 0. The maximum atomic E-state index is 4.45. The zero-order valence-corrected chi connectivity index (χ0v) is 9.10. The lowest BCUT2D eigenvalue weighted by Gasteiger charge is -2.12. The van der Waals surface area contributed by atoms with Gasteiger partial charge in [0.1, 0.15) is 5.82 Å². The van der Waals surface area contributed by atoms with Gasteiger partial charge in [0.2, 0.25) is 0 Å². The number of hydrogen-bond acceptors (Lipinski definition) is 5. The molecule has 14 heavy (non-hydrogen) atoms. The molecule has 1 aromatic rings. The predicted molar refractivity (Wildman–Crippen MR) is 60.1 cm³/mol. The number of nitrogens with one attached hydrogen (secondary N) is 3. The fourth-order valence-corrected chi connectivity index (χ4v) is 1.27. The summed E-state index contributed by atoms with van der Waals surface area (Å²) in [6, 6.07) is 0. The molecule has 0 spiro atoms. The minimum Gasteiger partial charge on any atom is -0.372 e. The Morgan fingerprint density at radius 2 is 1.36 bits per heavy atom. The fourth-order valence-electron chi connectivity index (χ4n) is 1.27. The lowest BCUT2D eigenvalue weighted by atomic mass is 10.3. The van der Waals surface area contributed by atoms with E-state index in [2.05, 4.69) is 32.8 Å². The molecule has 0 amide bonds. The van der Waals surface area contributed by atoms with Gasteiger partial charge in [-0.05, 0) is 6.42 Å². The highest BCUT2D eigenvalue weighted by molar-refractivity contribution is 5.63. The third-order valence-corrected chi connectivity index (χ3v) is 2.01. The number of nitrogens with zero attached hydrogens (tertiary/aromatic N) is 2. The summed E-state index contributed by atoms with van der Waals surface area (Å²) in [4.78, 5) is 8.86. The van der Waals surface area contributed by atoms with Crippen molar-refractivity contribution in [2.75, 3.05) is 37.1 Å². The van der Waals surface area contributed by atoms with Crippen LogP contribution in [0.5, 0.6) is 0 Å². The smallest absolute Gasteiger partial charge is 0.171 e. The standard InChI is InChI=1S/C9H17N5/c1-5-6-7(10-2)14-9(12-4)8(11-3)13-6/h5H2,1-4H3,(H,11,13)(H2,10,12,14). The Labute approximate surface area is 84.3 Å². The highest BCUT2D eigenvalue weighted by Crippen LogP contribution is 2.21. The van der Waals surface area contributed by atoms with E-state index >= 15 is 0 Å². The van der Waals surface area contributed by atoms with Crippen LogP contribution in [0.4, 0.5) is 17.5 Å². The van der Waals surface area contributed by atoms with Gasteiger partial charge in [0.25, 0.3) is 0 Å². The largest absolute Gasteiger partial charge is 0.372 e. The van der Waals surface area contributed by atoms with Crippen molar-refractivity contribution in [2.24, 2.45) is 0 Å². The number of aromatic nitrogens is 2. The first kappa shape index (κ1) is 10.6. The fraction of sp³-hybridized carbons (Fsp3) is 0.556. The Morgan fingerprint density at radius 3 is 1.79 bits per heavy atom. The van der Waals surface area contributed by atoms with Crippen LogP contribution < -0.4 is 16.0 Å². The molecule has 5 heteroatoms. The van der Waals surface area contributed by atoms with E-state index in [0.717, 1.165) is 29.6 Å². The zero-order chi connectivity index (χ0) is 10.6. The maximum absolute atomic E-state index is 4.45. The van der Waals surface area contributed by atoms with Gasteiger partial charge >= 0.3 is 0 Å². The van der Waals surface area contributed by atoms with Crippen molar-refractivity contribution < 1.29 is 0 Å². The first-order valence-electron chi connectivity index (χ1n) is 4.71. The van der Waals surface area contributed by atoms with Crippen LogP contribution in [0.1, 0.15) is 12.6 Å². The normalized spacial score (nSPS) is 9.71. The van der Waals surface area contributed by atoms with Crippen molar-refractivity contribution in [1.82, 2.24) is 9.97 Å². The molecule has 0 bridgehead atoms. The van der Waals surface area contributed by atoms with Crippen molar-refractivity contribution in [3.05, 3.63) is 5.69 Å². The summed E-state index contributed by atoms with van der Waals surface area (Å²) in [5.74, 6) is 2.37. The maximum Gasteiger partial charge on any atom is 0.171 e. The average molecular weight is 195 g/mol. The Kier molecular flexibility index (Phi) is 3.50. The van der Waals surface area contributed by atoms with Crippen LogP contribution in [0, 0.1) is 0 Å². The number of aryl methyl sites for hydroxylation is 1. The molecule has 1 rings (SSSR count). The molecule has 0 atom stereocenters. The molecule has 0 aliphatic heterocycles. The molecule has 0 fully saturated rings. The van der Waals surface area contributed by atoms with E-state index in [1.807, 2.05) is 21.1 Å². The third-order valence-electron chi connectivity index (χ3n) is 2.01. The van der Waals surface area contributed by atoms with E-state index in [1.54, 1.807) is 0 Å². The lowest BCUT2D eigenvalue weighted by molar-refractivity contribution is 1.00. The van der Waals surface area contributed by atoms with Gasteiger partial charge in [-0.15, -0.1) is 0 Å². The van der Waals surface area contributed by atoms with E-state index in [1.165, 1.54) is 0 Å². The molecule has 0 saturated carbocycles. The summed E-state index contributed by atoms with van der Waals surface area (Å²) in [5, 5.41) is 9.04. The zero-order valence-electron chi connectivity index (χ0n) is 9.10. The predicted octanol–water partition coefficient (Wildman–Crippen LogP) is 1.16. The molecule has 5 nitrogen and oxygen atoms in total. The molecule has 0 saturated heterocycles. The molecule has 0 aromatic carbocycles. The summed E-state index contributed by atoms with van der Waals surface area (Å²) in [6.07, 6.45) is 0.863. The van der Waals surface area contributed by atoms with Crippen LogP contribution in [0.25, 0.3) is 0 Å². The topological polar surface area (TPSA) is 61.9 Å².